The number of piperidine rings is 1. The number of aromatic nitrogens is 1. The molecule has 1 aromatic heterocycles. The Morgan fingerprint density at radius 3 is 2.88 bits per heavy atom. The number of hydrogen-bond donors (Lipinski definition) is 1. The zero-order chi connectivity index (χ0) is 10.5. The van der Waals surface area contributed by atoms with Crippen molar-refractivity contribution in [2.45, 2.75) is 12.8 Å². The molecule has 16 heavy (non-hydrogen) atoms. The Balaban J connectivity index is 0.00000128. The monoisotopic (exact) mass is 262 g/mol. The maximum Gasteiger partial charge on any atom is 0.156 e. The van der Waals surface area contributed by atoms with E-state index in [1.807, 2.05) is 0 Å². The van der Waals surface area contributed by atoms with E-state index in [1.54, 1.807) is 18.5 Å². The number of ether oxygens (including phenoxy) is 1. The lowest BCUT2D eigenvalue weighted by molar-refractivity contribution is 0.215. The molecule has 2 heterocycles. The van der Waals surface area contributed by atoms with Crippen molar-refractivity contribution in [3.05, 3.63) is 23.5 Å². The average Bonchev–Trinajstić information content (AvgIpc) is 2.29. The predicted octanol–water partition coefficient (Wildman–Crippen LogP) is 2.54. The summed E-state index contributed by atoms with van der Waals surface area (Å²) in [6, 6.07) is 1.75. The van der Waals surface area contributed by atoms with E-state index in [2.05, 4.69) is 10.3 Å². The van der Waals surface area contributed by atoms with E-state index in [9.17, 15) is 0 Å². The van der Waals surface area contributed by atoms with Crippen LogP contribution >= 0.6 is 24.0 Å². The van der Waals surface area contributed by atoms with E-state index >= 15 is 0 Å². The van der Waals surface area contributed by atoms with Gasteiger partial charge >= 0.3 is 0 Å². The van der Waals surface area contributed by atoms with Crippen molar-refractivity contribution < 1.29 is 4.74 Å². The third-order valence-electron chi connectivity index (χ3n) is 2.67. The molecule has 0 radical (unpaired) electrons. The first-order chi connectivity index (χ1) is 7.36. The molecule has 1 saturated heterocycles. The van der Waals surface area contributed by atoms with Crippen LogP contribution in [0.25, 0.3) is 0 Å². The molecular formula is C11H16Cl2N2O. The summed E-state index contributed by atoms with van der Waals surface area (Å²) < 4.78 is 5.65. The smallest absolute Gasteiger partial charge is 0.156 e. The Morgan fingerprint density at radius 1 is 1.44 bits per heavy atom. The highest BCUT2D eigenvalue weighted by Crippen LogP contribution is 2.23. The van der Waals surface area contributed by atoms with Crippen molar-refractivity contribution in [2.75, 3.05) is 19.7 Å². The zero-order valence-electron chi connectivity index (χ0n) is 8.99. The summed E-state index contributed by atoms with van der Waals surface area (Å²) in [6.45, 7) is 2.93. The second kappa shape index (κ2) is 6.94. The standard InChI is InChI=1S/C11H15ClN2O.ClH/c12-10-3-6-14-7-11(10)15-8-9-1-4-13-5-2-9;/h3,6-7,9,13H,1-2,4-5,8H2;1H. The summed E-state index contributed by atoms with van der Waals surface area (Å²) in [5.41, 5.74) is 0. The van der Waals surface area contributed by atoms with Gasteiger partial charge in [-0.3, -0.25) is 4.98 Å². The van der Waals surface area contributed by atoms with Gasteiger partial charge < -0.3 is 10.1 Å². The van der Waals surface area contributed by atoms with Crippen LogP contribution in [0, 0.1) is 5.92 Å². The van der Waals surface area contributed by atoms with Gasteiger partial charge in [0.2, 0.25) is 0 Å². The second-order valence-electron chi connectivity index (χ2n) is 3.81. The molecule has 0 saturated carbocycles. The Morgan fingerprint density at radius 2 is 2.19 bits per heavy atom. The third-order valence-corrected chi connectivity index (χ3v) is 2.98. The Kier molecular flexibility index (Phi) is 5.88. The van der Waals surface area contributed by atoms with Crippen LogP contribution in [0.5, 0.6) is 5.75 Å². The highest BCUT2D eigenvalue weighted by molar-refractivity contribution is 6.31. The quantitative estimate of drug-likeness (QED) is 0.909. The molecule has 1 aliphatic rings. The van der Waals surface area contributed by atoms with Gasteiger partial charge in [0.15, 0.2) is 5.75 Å². The molecule has 0 bridgehead atoms. The molecule has 1 aliphatic heterocycles. The lowest BCUT2D eigenvalue weighted by Crippen LogP contribution is -2.30. The highest BCUT2D eigenvalue weighted by atomic mass is 35.5. The minimum Gasteiger partial charge on any atom is -0.490 e. The fraction of sp³-hybridized carbons (Fsp3) is 0.545. The Labute approximate surface area is 107 Å². The number of pyridine rings is 1. The Hall–Kier alpha value is -0.510. The molecule has 1 fully saturated rings. The van der Waals surface area contributed by atoms with Crippen LogP contribution in [0.1, 0.15) is 12.8 Å². The number of hydrogen-bond acceptors (Lipinski definition) is 3. The average molecular weight is 263 g/mol. The van der Waals surface area contributed by atoms with Gasteiger partial charge in [-0.15, -0.1) is 12.4 Å². The van der Waals surface area contributed by atoms with Crippen LogP contribution in [0.3, 0.4) is 0 Å². The SMILES string of the molecule is Cl.Clc1ccncc1OCC1CCNCC1. The van der Waals surface area contributed by atoms with Crippen LogP contribution in [0.4, 0.5) is 0 Å². The van der Waals surface area contributed by atoms with Gasteiger partial charge in [0.1, 0.15) is 0 Å². The number of halogens is 2. The largest absolute Gasteiger partial charge is 0.490 e. The maximum atomic E-state index is 5.96. The van der Waals surface area contributed by atoms with Crippen molar-refractivity contribution in [2.24, 2.45) is 5.92 Å². The minimum absolute atomic E-state index is 0. The van der Waals surface area contributed by atoms with Crippen molar-refractivity contribution >= 4 is 24.0 Å². The first-order valence-electron chi connectivity index (χ1n) is 5.29. The third kappa shape index (κ3) is 3.81. The van der Waals surface area contributed by atoms with Crippen LogP contribution in [0.15, 0.2) is 18.5 Å². The molecule has 0 unspecified atom stereocenters. The van der Waals surface area contributed by atoms with E-state index in [-0.39, 0.29) is 12.4 Å². The summed E-state index contributed by atoms with van der Waals surface area (Å²) in [5, 5.41) is 3.97. The summed E-state index contributed by atoms with van der Waals surface area (Å²) in [7, 11) is 0. The normalized spacial score (nSPS) is 16.6. The molecule has 0 atom stereocenters. The highest BCUT2D eigenvalue weighted by Gasteiger charge is 2.14. The van der Waals surface area contributed by atoms with E-state index in [0.29, 0.717) is 16.7 Å². The van der Waals surface area contributed by atoms with E-state index in [1.165, 1.54) is 12.8 Å². The number of nitrogens with one attached hydrogen (secondary N) is 1. The molecule has 0 aliphatic carbocycles. The molecule has 0 aromatic carbocycles. The lowest BCUT2D eigenvalue weighted by Gasteiger charge is -2.22. The minimum atomic E-state index is 0. The van der Waals surface area contributed by atoms with Crippen LogP contribution in [-0.4, -0.2) is 24.7 Å². The second-order valence-corrected chi connectivity index (χ2v) is 4.22. The summed E-state index contributed by atoms with van der Waals surface area (Å²) in [5.74, 6) is 1.33. The van der Waals surface area contributed by atoms with Crippen LogP contribution in [-0.2, 0) is 0 Å². The molecule has 3 nitrogen and oxygen atoms in total. The molecule has 2 rings (SSSR count). The summed E-state index contributed by atoms with van der Waals surface area (Å²) >= 11 is 5.96. The predicted molar refractivity (Wildman–Crippen MR) is 67.6 cm³/mol. The van der Waals surface area contributed by atoms with Gasteiger partial charge in [-0.1, -0.05) is 11.6 Å². The van der Waals surface area contributed by atoms with Gasteiger partial charge in [-0.25, -0.2) is 0 Å². The van der Waals surface area contributed by atoms with Gasteiger partial charge in [-0.2, -0.15) is 0 Å². The molecule has 90 valence electrons. The van der Waals surface area contributed by atoms with Crippen molar-refractivity contribution in [1.82, 2.24) is 10.3 Å². The van der Waals surface area contributed by atoms with E-state index in [4.69, 9.17) is 16.3 Å². The van der Waals surface area contributed by atoms with Crippen molar-refractivity contribution in [1.29, 1.82) is 0 Å². The first-order valence-corrected chi connectivity index (χ1v) is 5.67. The van der Waals surface area contributed by atoms with Gasteiger partial charge in [-0.05, 0) is 37.9 Å². The summed E-state index contributed by atoms with van der Waals surface area (Å²) in [4.78, 5) is 3.99. The topological polar surface area (TPSA) is 34.1 Å². The number of nitrogens with zero attached hydrogens (tertiary/aromatic N) is 1. The van der Waals surface area contributed by atoms with E-state index in [0.717, 1.165) is 19.7 Å². The molecule has 1 N–H and O–H groups in total. The first kappa shape index (κ1) is 13.6. The van der Waals surface area contributed by atoms with Crippen molar-refractivity contribution in [3.63, 3.8) is 0 Å². The number of rotatable bonds is 3. The van der Waals surface area contributed by atoms with Gasteiger partial charge in [0, 0.05) is 6.20 Å². The molecular weight excluding hydrogens is 247 g/mol. The summed E-state index contributed by atoms with van der Waals surface area (Å²) in [6.07, 6.45) is 5.69. The molecule has 0 amide bonds. The fourth-order valence-electron chi connectivity index (χ4n) is 1.73. The maximum absolute atomic E-state index is 5.96. The molecule has 0 spiro atoms. The van der Waals surface area contributed by atoms with Crippen LogP contribution in [0.2, 0.25) is 5.02 Å². The zero-order valence-corrected chi connectivity index (χ0v) is 10.6. The Bertz CT molecular complexity index is 317. The molecule has 1 aromatic rings. The lowest BCUT2D eigenvalue weighted by atomic mass is 9.99. The molecule has 5 heteroatoms. The van der Waals surface area contributed by atoms with Gasteiger partial charge in [0.25, 0.3) is 0 Å². The fourth-order valence-corrected chi connectivity index (χ4v) is 1.88. The van der Waals surface area contributed by atoms with Crippen molar-refractivity contribution in [3.8, 4) is 5.75 Å². The van der Waals surface area contributed by atoms with E-state index < -0.39 is 0 Å². The van der Waals surface area contributed by atoms with Gasteiger partial charge in [0.05, 0.1) is 17.8 Å². The van der Waals surface area contributed by atoms with Crippen LogP contribution < -0.4 is 10.1 Å².